The number of amides is 2. The summed E-state index contributed by atoms with van der Waals surface area (Å²) in [5.41, 5.74) is 3.01. The molecule has 0 aliphatic carbocycles. The van der Waals surface area contributed by atoms with Crippen molar-refractivity contribution in [1.29, 1.82) is 5.26 Å². The van der Waals surface area contributed by atoms with Crippen molar-refractivity contribution in [1.82, 2.24) is 10.6 Å². The molecule has 2 N–H and O–H groups in total. The molecule has 7 heteroatoms. The highest BCUT2D eigenvalue weighted by atomic mass is 35.5. The van der Waals surface area contributed by atoms with E-state index >= 15 is 0 Å². The maximum Gasteiger partial charge on any atom is 0.413 e. The third-order valence-electron chi connectivity index (χ3n) is 6.15. The molecule has 1 aliphatic rings. The largest absolute Gasteiger partial charge is 0.449 e. The number of unbranched alkanes of at least 4 members (excludes halogenated alkanes) is 1. The first kappa shape index (κ1) is 24.8. The lowest BCUT2D eigenvalue weighted by molar-refractivity contribution is -0.124. The number of carbonyl (C=O) groups excluding carboxylic acids is 2. The minimum absolute atomic E-state index is 0.247. The molecule has 0 bridgehead atoms. The van der Waals surface area contributed by atoms with Crippen LogP contribution in [-0.2, 0) is 16.0 Å². The summed E-state index contributed by atoms with van der Waals surface area (Å²) < 4.78 is 5.15. The van der Waals surface area contributed by atoms with Gasteiger partial charge in [0.15, 0.2) is 0 Å². The summed E-state index contributed by atoms with van der Waals surface area (Å²) in [4.78, 5) is 23.5. The van der Waals surface area contributed by atoms with Crippen molar-refractivity contribution < 1.29 is 14.3 Å². The number of alkyl carbamates (subject to hydrolysis) is 1. The summed E-state index contributed by atoms with van der Waals surface area (Å²) >= 11 is 6.04. The molecule has 2 aromatic rings. The molecule has 0 saturated carbocycles. The second-order valence-electron chi connectivity index (χ2n) is 8.57. The van der Waals surface area contributed by atoms with Gasteiger partial charge in [-0.1, -0.05) is 42.8 Å². The number of imide groups is 1. The highest BCUT2D eigenvalue weighted by Crippen LogP contribution is 2.32. The van der Waals surface area contributed by atoms with E-state index in [-0.39, 0.29) is 24.5 Å². The minimum atomic E-state index is -0.685. The van der Waals surface area contributed by atoms with Crippen molar-refractivity contribution in [2.75, 3.05) is 13.2 Å². The molecule has 2 aromatic carbocycles. The Bertz CT molecular complexity index is 983. The fourth-order valence-corrected chi connectivity index (χ4v) is 4.16. The first-order chi connectivity index (χ1) is 16.0. The first-order valence-electron chi connectivity index (χ1n) is 11.4. The van der Waals surface area contributed by atoms with E-state index < -0.39 is 6.09 Å². The maximum atomic E-state index is 11.8. The topological polar surface area (TPSA) is 91.2 Å². The molecule has 33 heavy (non-hydrogen) atoms. The van der Waals surface area contributed by atoms with E-state index in [0.29, 0.717) is 16.5 Å². The number of nitrogens with one attached hydrogen (secondary N) is 2. The van der Waals surface area contributed by atoms with Crippen molar-refractivity contribution in [3.63, 3.8) is 0 Å². The average molecular weight is 468 g/mol. The number of benzene rings is 2. The maximum absolute atomic E-state index is 11.8. The average Bonchev–Trinajstić information content (AvgIpc) is 2.77. The predicted molar refractivity (Wildman–Crippen MR) is 128 cm³/mol. The van der Waals surface area contributed by atoms with Crippen LogP contribution < -0.4 is 10.6 Å². The lowest BCUT2D eigenvalue weighted by Gasteiger charge is -2.25. The van der Waals surface area contributed by atoms with E-state index in [1.54, 1.807) is 0 Å². The molecule has 0 radical (unpaired) electrons. The molecular weight excluding hydrogens is 438 g/mol. The third kappa shape index (κ3) is 7.59. The van der Waals surface area contributed by atoms with E-state index in [1.165, 1.54) is 5.56 Å². The normalized spacial score (nSPS) is 16.7. The van der Waals surface area contributed by atoms with Crippen LogP contribution in [-0.4, -0.2) is 31.2 Å². The number of rotatable bonds is 10. The van der Waals surface area contributed by atoms with E-state index in [9.17, 15) is 14.9 Å². The third-order valence-corrected chi connectivity index (χ3v) is 6.40. The number of hydrogen-bond donors (Lipinski definition) is 2. The number of hydrogen-bond acceptors (Lipinski definition) is 5. The van der Waals surface area contributed by atoms with Crippen molar-refractivity contribution in [2.24, 2.45) is 5.92 Å². The number of nitriles is 1. The molecule has 2 amide bonds. The Labute approximate surface area is 200 Å². The van der Waals surface area contributed by atoms with Gasteiger partial charge in [0.25, 0.3) is 0 Å². The van der Waals surface area contributed by atoms with Gasteiger partial charge in [-0.25, -0.2) is 4.79 Å². The van der Waals surface area contributed by atoms with Gasteiger partial charge in [0.05, 0.1) is 24.3 Å². The molecule has 1 heterocycles. The molecule has 6 nitrogen and oxygen atoms in total. The zero-order valence-corrected chi connectivity index (χ0v) is 19.6. The lowest BCUT2D eigenvalue weighted by Crippen LogP contribution is -2.54. The van der Waals surface area contributed by atoms with Gasteiger partial charge in [-0.3, -0.25) is 10.1 Å². The van der Waals surface area contributed by atoms with Gasteiger partial charge in [-0.15, -0.1) is 0 Å². The Kier molecular flexibility index (Phi) is 9.29. The lowest BCUT2D eigenvalue weighted by atomic mass is 9.80. The van der Waals surface area contributed by atoms with Gasteiger partial charge in [-0.05, 0) is 85.9 Å². The van der Waals surface area contributed by atoms with Gasteiger partial charge >= 0.3 is 6.09 Å². The zero-order valence-electron chi connectivity index (χ0n) is 18.9. The van der Waals surface area contributed by atoms with Crippen molar-refractivity contribution in [3.8, 4) is 6.07 Å². The van der Waals surface area contributed by atoms with Crippen LogP contribution in [0.15, 0.2) is 48.5 Å². The van der Waals surface area contributed by atoms with Crippen LogP contribution in [0, 0.1) is 17.2 Å². The van der Waals surface area contributed by atoms with Crippen LogP contribution in [0.4, 0.5) is 4.79 Å². The fourth-order valence-electron chi connectivity index (χ4n) is 4.03. The molecule has 1 aliphatic heterocycles. The smallest absolute Gasteiger partial charge is 0.413 e. The monoisotopic (exact) mass is 467 g/mol. The van der Waals surface area contributed by atoms with Gasteiger partial charge in [0.2, 0.25) is 5.91 Å². The Hall–Kier alpha value is -2.88. The fraction of sp³-hybridized carbons (Fsp3) is 0.423. The van der Waals surface area contributed by atoms with E-state index in [4.69, 9.17) is 16.3 Å². The molecule has 3 atom stereocenters. The Morgan fingerprint density at radius 3 is 2.67 bits per heavy atom. The first-order valence-corrected chi connectivity index (χ1v) is 11.8. The second kappa shape index (κ2) is 12.4. The number of ether oxygens (including phenoxy) is 1. The quantitative estimate of drug-likeness (QED) is 0.482. The summed E-state index contributed by atoms with van der Waals surface area (Å²) in [5.74, 6) is 0.274. The molecule has 0 aromatic heterocycles. The Morgan fingerprint density at radius 2 is 2.00 bits per heavy atom. The minimum Gasteiger partial charge on any atom is -0.449 e. The summed E-state index contributed by atoms with van der Waals surface area (Å²) in [6.45, 7) is 3.29. The molecule has 174 valence electrons. The van der Waals surface area contributed by atoms with Crippen LogP contribution in [0.5, 0.6) is 0 Å². The van der Waals surface area contributed by atoms with Gasteiger partial charge < -0.3 is 10.1 Å². The standard InChI is InChI=1S/C26H30ClN3O3/c1-18(5-2-3-14-33-26(32)30-25(31)24-12-13-29-24)23(16-19-8-10-22(27)11-9-19)21-7-4-6-20(15-21)17-28/h4,6-11,15,18,23-24,29H,2-3,5,12-14,16H2,1H3,(H,30,31,32)/t18?,23?,24-/m0/s1. The highest BCUT2D eigenvalue weighted by molar-refractivity contribution is 6.30. The molecular formula is C26H30ClN3O3. The van der Waals surface area contributed by atoms with E-state index in [0.717, 1.165) is 44.2 Å². The summed E-state index contributed by atoms with van der Waals surface area (Å²) in [6, 6.07) is 17.6. The van der Waals surface area contributed by atoms with Crippen molar-refractivity contribution in [3.05, 3.63) is 70.2 Å². The Morgan fingerprint density at radius 1 is 1.24 bits per heavy atom. The van der Waals surface area contributed by atoms with Crippen molar-refractivity contribution >= 4 is 23.6 Å². The second-order valence-corrected chi connectivity index (χ2v) is 9.00. The molecule has 2 unspecified atom stereocenters. The number of halogens is 1. The zero-order chi connectivity index (χ0) is 23.6. The van der Waals surface area contributed by atoms with Gasteiger partial charge in [0, 0.05) is 5.02 Å². The van der Waals surface area contributed by atoms with Crippen LogP contribution in [0.25, 0.3) is 0 Å². The molecule has 3 rings (SSSR count). The summed E-state index contributed by atoms with van der Waals surface area (Å²) in [5, 5.41) is 15.2. The summed E-state index contributed by atoms with van der Waals surface area (Å²) in [7, 11) is 0. The van der Waals surface area contributed by atoms with Crippen LogP contribution in [0.3, 0.4) is 0 Å². The molecule has 1 fully saturated rings. The van der Waals surface area contributed by atoms with E-state index in [1.807, 2.05) is 42.5 Å². The number of carbonyl (C=O) groups is 2. The van der Waals surface area contributed by atoms with Crippen LogP contribution in [0.1, 0.15) is 55.2 Å². The molecule has 0 spiro atoms. The van der Waals surface area contributed by atoms with Gasteiger partial charge in [-0.2, -0.15) is 5.26 Å². The van der Waals surface area contributed by atoms with Crippen LogP contribution in [0.2, 0.25) is 5.02 Å². The van der Waals surface area contributed by atoms with Crippen molar-refractivity contribution in [2.45, 2.75) is 51.0 Å². The van der Waals surface area contributed by atoms with E-state index in [2.05, 4.69) is 29.7 Å². The van der Waals surface area contributed by atoms with Crippen LogP contribution >= 0.6 is 11.6 Å². The highest BCUT2D eigenvalue weighted by Gasteiger charge is 2.26. The molecule has 1 saturated heterocycles. The number of nitrogens with zero attached hydrogens (tertiary/aromatic N) is 1. The summed E-state index contributed by atoms with van der Waals surface area (Å²) in [6.07, 6.45) is 3.47. The SMILES string of the molecule is CC(CCCCOC(=O)NC(=O)[C@@H]1CCN1)C(Cc1ccc(Cl)cc1)c1cccc(C#N)c1. The van der Waals surface area contributed by atoms with Gasteiger partial charge in [0.1, 0.15) is 0 Å². The Balaban J connectivity index is 1.50. The predicted octanol–water partition coefficient (Wildman–Crippen LogP) is 4.96.